The van der Waals surface area contributed by atoms with Crippen LogP contribution in [0.4, 0.5) is 0 Å². The second kappa shape index (κ2) is 11.4. The zero-order chi connectivity index (χ0) is 22.9. The number of hydrogen-bond acceptors (Lipinski definition) is 4. The molecule has 1 aliphatic heterocycles. The first-order valence-corrected chi connectivity index (χ1v) is 11.6. The van der Waals surface area contributed by atoms with Gasteiger partial charge in [0.25, 0.3) is 5.91 Å². The lowest BCUT2D eigenvalue weighted by Crippen LogP contribution is -2.48. The van der Waals surface area contributed by atoms with Crippen LogP contribution in [-0.4, -0.2) is 54.2 Å². The summed E-state index contributed by atoms with van der Waals surface area (Å²) in [6.07, 6.45) is 2.39. The summed E-state index contributed by atoms with van der Waals surface area (Å²) in [6, 6.07) is 26.4. The Balaban J connectivity index is 1.14. The quantitative estimate of drug-likeness (QED) is 0.334. The number of piperazine rings is 1. The molecule has 170 valence electrons. The summed E-state index contributed by atoms with van der Waals surface area (Å²) in [5, 5.41) is 0. The maximum Gasteiger partial charge on any atom is 0.253 e. The number of unbranched alkanes of at least 4 members (excludes halogenated alkanes) is 1. The van der Waals surface area contributed by atoms with Gasteiger partial charge in [-0.2, -0.15) is 0 Å². The lowest BCUT2D eigenvalue weighted by Gasteiger charge is -2.34. The molecule has 0 atom stereocenters. The fourth-order valence-corrected chi connectivity index (χ4v) is 4.04. The van der Waals surface area contributed by atoms with Crippen molar-refractivity contribution in [3.63, 3.8) is 0 Å². The molecule has 3 aromatic carbocycles. The van der Waals surface area contributed by atoms with Crippen LogP contribution in [0.3, 0.4) is 0 Å². The number of ether oxygens (including phenoxy) is 1. The molecule has 0 spiro atoms. The van der Waals surface area contributed by atoms with Crippen LogP contribution in [-0.2, 0) is 0 Å². The Morgan fingerprint density at radius 2 is 1.27 bits per heavy atom. The van der Waals surface area contributed by atoms with E-state index < -0.39 is 0 Å². The third-order valence-electron chi connectivity index (χ3n) is 5.96. The third-order valence-corrected chi connectivity index (χ3v) is 5.96. The molecular weight excluding hydrogens is 412 g/mol. The van der Waals surface area contributed by atoms with Crippen molar-refractivity contribution in [1.82, 2.24) is 9.80 Å². The first-order chi connectivity index (χ1) is 16.2. The van der Waals surface area contributed by atoms with Gasteiger partial charge in [-0.15, -0.1) is 0 Å². The van der Waals surface area contributed by atoms with Crippen molar-refractivity contribution in [2.75, 3.05) is 32.7 Å². The number of amides is 1. The Kier molecular flexibility index (Phi) is 7.88. The van der Waals surface area contributed by atoms with Crippen LogP contribution in [0.2, 0.25) is 0 Å². The summed E-state index contributed by atoms with van der Waals surface area (Å²) in [4.78, 5) is 29.4. The molecule has 1 aliphatic rings. The summed E-state index contributed by atoms with van der Waals surface area (Å²) in [7, 11) is 0. The lowest BCUT2D eigenvalue weighted by molar-refractivity contribution is 0.0634. The molecule has 1 fully saturated rings. The number of ketones is 1. The van der Waals surface area contributed by atoms with Crippen molar-refractivity contribution >= 4 is 11.7 Å². The number of carbonyl (C=O) groups is 2. The Labute approximate surface area is 195 Å². The molecule has 0 saturated carbocycles. The topological polar surface area (TPSA) is 49.9 Å². The number of benzene rings is 3. The Morgan fingerprint density at radius 3 is 1.94 bits per heavy atom. The summed E-state index contributed by atoms with van der Waals surface area (Å²) in [6.45, 7) is 4.24. The van der Waals surface area contributed by atoms with Crippen LogP contribution in [0.1, 0.15) is 40.0 Å². The van der Waals surface area contributed by atoms with E-state index in [1.165, 1.54) is 0 Å². The SMILES string of the molecule is O=C(CCCCN1CCN(C(=O)c2ccccc2)CC1)c1ccc(Oc2ccccc2)cc1. The van der Waals surface area contributed by atoms with Crippen LogP contribution >= 0.6 is 0 Å². The van der Waals surface area contributed by atoms with E-state index in [1.807, 2.05) is 89.8 Å². The van der Waals surface area contributed by atoms with Crippen LogP contribution in [0.15, 0.2) is 84.9 Å². The lowest BCUT2D eigenvalue weighted by atomic mass is 10.1. The van der Waals surface area contributed by atoms with Crippen molar-refractivity contribution in [2.45, 2.75) is 19.3 Å². The number of Topliss-reactive ketones (excluding diaryl/α,β-unsaturated/α-hetero) is 1. The van der Waals surface area contributed by atoms with Crippen molar-refractivity contribution in [3.05, 3.63) is 96.1 Å². The number of nitrogens with zero attached hydrogens (tertiary/aromatic N) is 2. The monoisotopic (exact) mass is 442 g/mol. The molecule has 0 aliphatic carbocycles. The van der Waals surface area contributed by atoms with Crippen LogP contribution in [0.5, 0.6) is 11.5 Å². The molecule has 0 bridgehead atoms. The highest BCUT2D eigenvalue weighted by atomic mass is 16.5. The molecule has 5 nitrogen and oxygen atoms in total. The summed E-state index contributed by atoms with van der Waals surface area (Å²) >= 11 is 0. The number of carbonyl (C=O) groups excluding carboxylic acids is 2. The van der Waals surface area contributed by atoms with Crippen molar-refractivity contribution in [1.29, 1.82) is 0 Å². The van der Waals surface area contributed by atoms with Gasteiger partial charge in [0, 0.05) is 43.7 Å². The molecule has 0 aromatic heterocycles. The van der Waals surface area contributed by atoms with Crippen LogP contribution < -0.4 is 4.74 Å². The predicted molar refractivity (Wildman–Crippen MR) is 130 cm³/mol. The average Bonchev–Trinajstić information content (AvgIpc) is 2.88. The highest BCUT2D eigenvalue weighted by Crippen LogP contribution is 2.22. The smallest absolute Gasteiger partial charge is 0.253 e. The average molecular weight is 443 g/mol. The molecule has 33 heavy (non-hydrogen) atoms. The minimum absolute atomic E-state index is 0.112. The van der Waals surface area contributed by atoms with Crippen molar-refractivity contribution in [2.24, 2.45) is 0 Å². The van der Waals surface area contributed by atoms with E-state index in [-0.39, 0.29) is 11.7 Å². The predicted octanol–water partition coefficient (Wildman–Crippen LogP) is 5.29. The van der Waals surface area contributed by atoms with Gasteiger partial charge in [0.1, 0.15) is 11.5 Å². The fraction of sp³-hybridized carbons (Fsp3) is 0.286. The summed E-state index contributed by atoms with van der Waals surface area (Å²) in [5.74, 6) is 1.78. The molecule has 4 rings (SSSR count). The minimum Gasteiger partial charge on any atom is -0.457 e. The van der Waals surface area contributed by atoms with Gasteiger partial charge in [0.15, 0.2) is 5.78 Å². The molecule has 0 N–H and O–H groups in total. The number of hydrogen-bond donors (Lipinski definition) is 0. The summed E-state index contributed by atoms with van der Waals surface area (Å²) < 4.78 is 5.78. The molecule has 0 radical (unpaired) electrons. The van der Waals surface area contributed by atoms with Gasteiger partial charge in [-0.05, 0) is 67.9 Å². The molecule has 1 heterocycles. The second-order valence-corrected chi connectivity index (χ2v) is 8.32. The van der Waals surface area contributed by atoms with E-state index >= 15 is 0 Å². The van der Waals surface area contributed by atoms with E-state index in [9.17, 15) is 9.59 Å². The maximum atomic E-state index is 12.6. The first-order valence-electron chi connectivity index (χ1n) is 11.6. The van der Waals surface area contributed by atoms with E-state index in [0.29, 0.717) is 6.42 Å². The van der Waals surface area contributed by atoms with Gasteiger partial charge < -0.3 is 9.64 Å². The van der Waals surface area contributed by atoms with Gasteiger partial charge in [-0.3, -0.25) is 14.5 Å². The minimum atomic E-state index is 0.112. The Morgan fingerprint density at radius 1 is 0.667 bits per heavy atom. The third kappa shape index (κ3) is 6.53. The molecule has 1 amide bonds. The Hall–Kier alpha value is -3.44. The highest BCUT2D eigenvalue weighted by molar-refractivity contribution is 5.96. The molecular formula is C28H30N2O3. The highest BCUT2D eigenvalue weighted by Gasteiger charge is 2.21. The summed E-state index contributed by atoms with van der Waals surface area (Å²) in [5.41, 5.74) is 1.48. The van der Waals surface area contributed by atoms with Crippen LogP contribution in [0.25, 0.3) is 0 Å². The van der Waals surface area contributed by atoms with Gasteiger partial charge in [0.05, 0.1) is 0 Å². The first kappa shape index (κ1) is 22.7. The molecule has 1 saturated heterocycles. The van der Waals surface area contributed by atoms with Gasteiger partial charge >= 0.3 is 0 Å². The van der Waals surface area contributed by atoms with Crippen molar-refractivity contribution < 1.29 is 14.3 Å². The van der Waals surface area contributed by atoms with E-state index in [1.54, 1.807) is 0 Å². The van der Waals surface area contributed by atoms with Gasteiger partial charge in [-0.25, -0.2) is 0 Å². The van der Waals surface area contributed by atoms with E-state index in [4.69, 9.17) is 4.74 Å². The second-order valence-electron chi connectivity index (χ2n) is 8.32. The van der Waals surface area contributed by atoms with E-state index in [2.05, 4.69) is 4.90 Å². The standard InChI is InChI=1S/C28H30N2O3/c31-27(23-14-16-26(17-15-23)33-25-11-5-2-6-12-25)13-7-8-18-29-19-21-30(22-20-29)28(32)24-9-3-1-4-10-24/h1-6,9-12,14-17H,7-8,13,18-22H2. The molecule has 3 aromatic rings. The van der Waals surface area contributed by atoms with Crippen LogP contribution in [0, 0.1) is 0 Å². The fourth-order valence-electron chi connectivity index (χ4n) is 4.04. The largest absolute Gasteiger partial charge is 0.457 e. The number of para-hydroxylation sites is 1. The van der Waals surface area contributed by atoms with Gasteiger partial charge in [-0.1, -0.05) is 36.4 Å². The molecule has 5 heteroatoms. The van der Waals surface area contributed by atoms with Gasteiger partial charge in [0.2, 0.25) is 0 Å². The normalized spacial score (nSPS) is 14.1. The number of rotatable bonds is 9. The zero-order valence-corrected chi connectivity index (χ0v) is 18.9. The zero-order valence-electron chi connectivity index (χ0n) is 18.9. The maximum absolute atomic E-state index is 12.6. The Bertz CT molecular complexity index is 1030. The van der Waals surface area contributed by atoms with E-state index in [0.717, 1.165) is 68.2 Å². The van der Waals surface area contributed by atoms with Crippen molar-refractivity contribution in [3.8, 4) is 11.5 Å². The molecule has 0 unspecified atom stereocenters.